The number of carbonyl (C=O) groups is 1. The van der Waals surface area contributed by atoms with E-state index in [4.69, 9.17) is 0 Å². The van der Waals surface area contributed by atoms with Crippen molar-refractivity contribution in [3.8, 4) is 11.3 Å². The van der Waals surface area contributed by atoms with Crippen molar-refractivity contribution in [2.24, 2.45) is 5.92 Å². The Morgan fingerprint density at radius 1 is 1.04 bits per heavy atom. The number of hydrogen-bond donors (Lipinski definition) is 0. The molecule has 0 spiro atoms. The zero-order chi connectivity index (χ0) is 19.3. The average molecular weight is 380 g/mol. The van der Waals surface area contributed by atoms with E-state index in [0.29, 0.717) is 5.91 Å². The molecule has 2 fully saturated rings. The molecular formula is C21H28N6O. The van der Waals surface area contributed by atoms with Gasteiger partial charge in [-0.25, -0.2) is 0 Å². The van der Waals surface area contributed by atoms with Crippen molar-refractivity contribution in [1.29, 1.82) is 0 Å². The van der Waals surface area contributed by atoms with Gasteiger partial charge in [0.1, 0.15) is 0 Å². The highest BCUT2D eigenvalue weighted by Gasteiger charge is 2.31. The Labute approximate surface area is 166 Å². The third kappa shape index (κ3) is 4.14. The number of piperazine rings is 1. The SMILES string of the molecule is CCN1CCN(C(=O)C2CCCN(c3ccc(-c4ccncc4)nn3)C2)CC1. The quantitative estimate of drug-likeness (QED) is 0.807. The van der Waals surface area contributed by atoms with E-state index in [1.165, 1.54) is 0 Å². The maximum absolute atomic E-state index is 13.0. The van der Waals surface area contributed by atoms with Gasteiger partial charge in [0.05, 0.1) is 11.6 Å². The second-order valence-electron chi connectivity index (χ2n) is 7.56. The van der Waals surface area contributed by atoms with Crippen LogP contribution in [0.1, 0.15) is 19.8 Å². The lowest BCUT2D eigenvalue weighted by molar-refractivity contribution is -0.137. The number of rotatable bonds is 4. The zero-order valence-corrected chi connectivity index (χ0v) is 16.5. The third-order valence-corrected chi connectivity index (χ3v) is 5.85. The minimum Gasteiger partial charge on any atom is -0.354 e. The highest BCUT2D eigenvalue weighted by molar-refractivity contribution is 5.80. The summed E-state index contributed by atoms with van der Waals surface area (Å²) >= 11 is 0. The largest absolute Gasteiger partial charge is 0.354 e. The van der Waals surface area contributed by atoms with Crippen molar-refractivity contribution < 1.29 is 4.79 Å². The maximum atomic E-state index is 13.0. The highest BCUT2D eigenvalue weighted by atomic mass is 16.2. The molecule has 2 aliphatic rings. The van der Waals surface area contributed by atoms with Gasteiger partial charge in [-0.2, -0.15) is 0 Å². The van der Waals surface area contributed by atoms with Crippen LogP contribution in [0.4, 0.5) is 5.82 Å². The van der Waals surface area contributed by atoms with Crippen LogP contribution in [0.3, 0.4) is 0 Å². The molecular weight excluding hydrogens is 352 g/mol. The summed E-state index contributed by atoms with van der Waals surface area (Å²) < 4.78 is 0. The van der Waals surface area contributed by atoms with Crippen LogP contribution in [0, 0.1) is 5.92 Å². The Kier molecular flexibility index (Phi) is 5.81. The first-order valence-corrected chi connectivity index (χ1v) is 10.2. The first-order valence-electron chi connectivity index (χ1n) is 10.2. The number of aromatic nitrogens is 3. The molecule has 4 rings (SSSR count). The molecule has 1 atom stereocenters. The number of carbonyl (C=O) groups excluding carboxylic acids is 1. The Hall–Kier alpha value is -2.54. The van der Waals surface area contributed by atoms with E-state index in [-0.39, 0.29) is 5.92 Å². The number of nitrogens with zero attached hydrogens (tertiary/aromatic N) is 6. The van der Waals surface area contributed by atoms with Crippen LogP contribution >= 0.6 is 0 Å². The van der Waals surface area contributed by atoms with E-state index >= 15 is 0 Å². The fourth-order valence-corrected chi connectivity index (χ4v) is 4.10. The Morgan fingerprint density at radius 3 is 2.50 bits per heavy atom. The third-order valence-electron chi connectivity index (χ3n) is 5.85. The van der Waals surface area contributed by atoms with Crippen molar-refractivity contribution in [2.75, 3.05) is 50.7 Å². The van der Waals surface area contributed by atoms with Gasteiger partial charge in [0.25, 0.3) is 0 Å². The predicted molar refractivity (Wildman–Crippen MR) is 109 cm³/mol. The molecule has 0 aromatic carbocycles. The average Bonchev–Trinajstić information content (AvgIpc) is 2.79. The minimum atomic E-state index is 0.0589. The van der Waals surface area contributed by atoms with E-state index < -0.39 is 0 Å². The number of piperidine rings is 1. The topological polar surface area (TPSA) is 65.5 Å². The molecule has 1 unspecified atom stereocenters. The van der Waals surface area contributed by atoms with Crippen LogP contribution in [0.5, 0.6) is 0 Å². The van der Waals surface area contributed by atoms with Gasteiger partial charge in [0.15, 0.2) is 5.82 Å². The van der Waals surface area contributed by atoms with E-state index in [9.17, 15) is 4.79 Å². The lowest BCUT2D eigenvalue weighted by Gasteiger charge is -2.39. The summed E-state index contributed by atoms with van der Waals surface area (Å²) in [6.07, 6.45) is 5.49. The number of anilines is 1. The zero-order valence-electron chi connectivity index (χ0n) is 16.5. The molecule has 0 radical (unpaired) electrons. The van der Waals surface area contributed by atoms with E-state index in [1.54, 1.807) is 12.4 Å². The number of likely N-dealkylation sites (N-methyl/N-ethyl adjacent to an activating group) is 1. The van der Waals surface area contributed by atoms with Gasteiger partial charge < -0.3 is 14.7 Å². The van der Waals surface area contributed by atoms with Crippen LogP contribution < -0.4 is 4.90 Å². The summed E-state index contributed by atoms with van der Waals surface area (Å²) in [4.78, 5) is 23.7. The van der Waals surface area contributed by atoms with Crippen molar-refractivity contribution in [2.45, 2.75) is 19.8 Å². The molecule has 2 aromatic rings. The minimum absolute atomic E-state index is 0.0589. The van der Waals surface area contributed by atoms with E-state index in [2.05, 4.69) is 36.8 Å². The smallest absolute Gasteiger partial charge is 0.227 e. The van der Waals surface area contributed by atoms with E-state index in [1.807, 2.05) is 24.3 Å². The lowest BCUT2D eigenvalue weighted by Crippen LogP contribution is -2.52. The summed E-state index contributed by atoms with van der Waals surface area (Å²) in [5.41, 5.74) is 1.84. The molecule has 2 aromatic heterocycles. The van der Waals surface area contributed by atoms with E-state index in [0.717, 1.165) is 75.7 Å². The Bertz CT molecular complexity index is 773. The maximum Gasteiger partial charge on any atom is 0.227 e. The van der Waals surface area contributed by atoms with Crippen molar-refractivity contribution in [3.05, 3.63) is 36.7 Å². The van der Waals surface area contributed by atoms with Gasteiger partial charge in [-0.05, 0) is 43.7 Å². The van der Waals surface area contributed by atoms with Gasteiger partial charge in [0, 0.05) is 57.2 Å². The number of amides is 1. The summed E-state index contributed by atoms with van der Waals surface area (Å²) in [5.74, 6) is 1.22. The standard InChI is InChI=1S/C21H28N6O/c1-2-25-12-14-26(15-13-25)21(28)18-4-3-11-27(16-18)20-6-5-19(23-24-20)17-7-9-22-10-8-17/h5-10,18H,2-4,11-16H2,1H3. The molecule has 7 nitrogen and oxygen atoms in total. The fourth-order valence-electron chi connectivity index (χ4n) is 4.10. The van der Waals surface area contributed by atoms with Gasteiger partial charge in [-0.3, -0.25) is 9.78 Å². The Morgan fingerprint density at radius 2 is 1.82 bits per heavy atom. The summed E-state index contributed by atoms with van der Waals surface area (Å²) in [6, 6.07) is 7.86. The molecule has 1 amide bonds. The Balaban J connectivity index is 1.39. The highest BCUT2D eigenvalue weighted by Crippen LogP contribution is 2.24. The lowest BCUT2D eigenvalue weighted by atomic mass is 9.96. The van der Waals surface area contributed by atoms with Crippen molar-refractivity contribution in [1.82, 2.24) is 25.0 Å². The molecule has 0 bridgehead atoms. The molecule has 0 N–H and O–H groups in total. The van der Waals surface area contributed by atoms with Crippen LogP contribution in [0.15, 0.2) is 36.7 Å². The van der Waals surface area contributed by atoms with Gasteiger partial charge in [-0.1, -0.05) is 6.92 Å². The molecule has 7 heteroatoms. The normalized spacial score (nSPS) is 21.0. The van der Waals surface area contributed by atoms with Crippen LogP contribution in [-0.4, -0.2) is 76.7 Å². The van der Waals surface area contributed by atoms with Crippen molar-refractivity contribution in [3.63, 3.8) is 0 Å². The van der Waals surface area contributed by atoms with Crippen LogP contribution in [-0.2, 0) is 4.79 Å². The monoisotopic (exact) mass is 380 g/mol. The molecule has 28 heavy (non-hydrogen) atoms. The number of pyridine rings is 1. The van der Waals surface area contributed by atoms with Gasteiger partial charge in [0.2, 0.25) is 5.91 Å². The van der Waals surface area contributed by atoms with Crippen molar-refractivity contribution >= 4 is 11.7 Å². The number of hydrogen-bond acceptors (Lipinski definition) is 6. The second-order valence-corrected chi connectivity index (χ2v) is 7.56. The molecule has 4 heterocycles. The molecule has 148 valence electrons. The van der Waals surface area contributed by atoms with Gasteiger partial charge >= 0.3 is 0 Å². The molecule has 2 saturated heterocycles. The second kappa shape index (κ2) is 8.65. The fraction of sp³-hybridized carbons (Fsp3) is 0.524. The molecule has 2 aliphatic heterocycles. The summed E-state index contributed by atoms with van der Waals surface area (Å²) in [6.45, 7) is 8.58. The summed E-state index contributed by atoms with van der Waals surface area (Å²) in [5, 5.41) is 8.81. The molecule has 0 aliphatic carbocycles. The van der Waals surface area contributed by atoms with Gasteiger partial charge in [-0.15, -0.1) is 10.2 Å². The van der Waals surface area contributed by atoms with Crippen LogP contribution in [0.2, 0.25) is 0 Å². The predicted octanol–water partition coefficient (Wildman–Crippen LogP) is 1.92. The molecule has 0 saturated carbocycles. The first kappa shape index (κ1) is 18.8. The first-order chi connectivity index (χ1) is 13.7. The van der Waals surface area contributed by atoms with Crippen LogP contribution in [0.25, 0.3) is 11.3 Å². The summed E-state index contributed by atoms with van der Waals surface area (Å²) in [7, 11) is 0.